The number of ether oxygens (including phenoxy) is 1. The molecule has 82 valence electrons. The summed E-state index contributed by atoms with van der Waals surface area (Å²) >= 11 is 3.32. The molecule has 0 aromatic heterocycles. The van der Waals surface area contributed by atoms with E-state index >= 15 is 0 Å². The van der Waals surface area contributed by atoms with E-state index in [1.54, 1.807) is 6.07 Å². The number of nitrogens with one attached hydrogen (secondary N) is 1. The highest BCUT2D eigenvalue weighted by molar-refractivity contribution is 9.10. The van der Waals surface area contributed by atoms with Gasteiger partial charge >= 0.3 is 0 Å². The lowest BCUT2D eigenvalue weighted by atomic mass is 10.0. The van der Waals surface area contributed by atoms with Gasteiger partial charge in [-0.2, -0.15) is 0 Å². The molecular formula is C11H14BrNO2. The van der Waals surface area contributed by atoms with Crippen LogP contribution in [0.4, 0.5) is 0 Å². The zero-order chi connectivity index (χ0) is 10.8. The van der Waals surface area contributed by atoms with Crippen molar-refractivity contribution < 1.29 is 9.84 Å². The standard InChI is InChI=1S/C11H14BrNO2/c1-7-4-10(14)9(12)5-8(7)11-6-13-2-3-15-11/h4-5,11,13-14H,2-3,6H2,1H3. The van der Waals surface area contributed by atoms with Gasteiger partial charge in [-0.25, -0.2) is 0 Å². The Morgan fingerprint density at radius 3 is 3.00 bits per heavy atom. The lowest BCUT2D eigenvalue weighted by Crippen LogP contribution is -2.33. The maximum Gasteiger partial charge on any atom is 0.130 e. The Balaban J connectivity index is 2.30. The largest absolute Gasteiger partial charge is 0.507 e. The summed E-state index contributed by atoms with van der Waals surface area (Å²) in [5.74, 6) is 0.278. The van der Waals surface area contributed by atoms with Gasteiger partial charge < -0.3 is 15.2 Å². The molecule has 1 unspecified atom stereocenters. The average molecular weight is 272 g/mol. The fraction of sp³-hybridized carbons (Fsp3) is 0.455. The molecule has 1 atom stereocenters. The molecule has 0 spiro atoms. The van der Waals surface area contributed by atoms with Gasteiger partial charge in [-0.15, -0.1) is 0 Å². The van der Waals surface area contributed by atoms with E-state index in [0.717, 1.165) is 35.3 Å². The fourth-order valence-electron chi connectivity index (χ4n) is 1.79. The number of morpholine rings is 1. The number of hydrogen-bond acceptors (Lipinski definition) is 3. The Morgan fingerprint density at radius 1 is 1.53 bits per heavy atom. The van der Waals surface area contributed by atoms with Gasteiger partial charge in [0.2, 0.25) is 0 Å². The summed E-state index contributed by atoms with van der Waals surface area (Å²) in [6.45, 7) is 4.47. The van der Waals surface area contributed by atoms with Crippen molar-refractivity contribution in [1.29, 1.82) is 0 Å². The number of phenolic OH excluding ortho intramolecular Hbond substituents is 1. The molecule has 1 heterocycles. The van der Waals surface area contributed by atoms with Crippen LogP contribution in [-0.2, 0) is 4.74 Å². The molecule has 0 bridgehead atoms. The molecule has 1 aromatic rings. The van der Waals surface area contributed by atoms with Crippen molar-refractivity contribution in [3.63, 3.8) is 0 Å². The average Bonchev–Trinajstić information content (AvgIpc) is 2.25. The molecule has 2 rings (SSSR count). The Bertz CT molecular complexity index is 362. The minimum atomic E-state index is 0.0932. The van der Waals surface area contributed by atoms with Crippen LogP contribution in [0.2, 0.25) is 0 Å². The number of halogens is 1. The van der Waals surface area contributed by atoms with Crippen LogP contribution < -0.4 is 5.32 Å². The van der Waals surface area contributed by atoms with Crippen molar-refractivity contribution >= 4 is 15.9 Å². The predicted octanol–water partition coefficient (Wildman–Crippen LogP) is 2.12. The van der Waals surface area contributed by atoms with Crippen molar-refractivity contribution in [2.24, 2.45) is 0 Å². The first kappa shape index (κ1) is 10.9. The quantitative estimate of drug-likeness (QED) is 0.822. The van der Waals surface area contributed by atoms with Gasteiger partial charge in [0.15, 0.2) is 0 Å². The second-order valence-corrected chi connectivity index (χ2v) is 4.58. The van der Waals surface area contributed by atoms with Crippen LogP contribution in [0.3, 0.4) is 0 Å². The van der Waals surface area contributed by atoms with Crippen molar-refractivity contribution in [3.05, 3.63) is 27.7 Å². The molecule has 0 aliphatic carbocycles. The predicted molar refractivity (Wildman–Crippen MR) is 62.1 cm³/mol. The molecule has 2 N–H and O–H groups in total. The maximum atomic E-state index is 9.52. The highest BCUT2D eigenvalue weighted by atomic mass is 79.9. The summed E-state index contributed by atoms with van der Waals surface area (Å²) in [6.07, 6.45) is 0.0932. The number of aromatic hydroxyl groups is 1. The molecule has 3 nitrogen and oxygen atoms in total. The van der Waals surface area contributed by atoms with Gasteiger partial charge in [0, 0.05) is 13.1 Å². The van der Waals surface area contributed by atoms with Gasteiger partial charge in [0.1, 0.15) is 5.75 Å². The van der Waals surface area contributed by atoms with Crippen molar-refractivity contribution in [2.75, 3.05) is 19.7 Å². The summed E-state index contributed by atoms with van der Waals surface area (Å²) in [5.41, 5.74) is 2.19. The van der Waals surface area contributed by atoms with Crippen molar-refractivity contribution in [3.8, 4) is 5.75 Å². The van der Waals surface area contributed by atoms with Crippen molar-refractivity contribution in [1.82, 2.24) is 5.32 Å². The second-order valence-electron chi connectivity index (χ2n) is 3.72. The van der Waals surface area contributed by atoms with Gasteiger partial charge in [-0.05, 0) is 46.1 Å². The molecule has 0 saturated carbocycles. The van der Waals surface area contributed by atoms with E-state index in [4.69, 9.17) is 4.74 Å². The molecule has 0 amide bonds. The first-order valence-corrected chi connectivity index (χ1v) is 5.79. The molecule has 0 radical (unpaired) electrons. The number of rotatable bonds is 1. The van der Waals surface area contributed by atoms with Crippen LogP contribution in [-0.4, -0.2) is 24.8 Å². The molecule has 15 heavy (non-hydrogen) atoms. The van der Waals surface area contributed by atoms with Crippen LogP contribution >= 0.6 is 15.9 Å². The van der Waals surface area contributed by atoms with Crippen LogP contribution in [0.1, 0.15) is 17.2 Å². The number of hydrogen-bond donors (Lipinski definition) is 2. The third-order valence-corrected chi connectivity index (χ3v) is 3.25. The lowest BCUT2D eigenvalue weighted by molar-refractivity contribution is 0.0272. The third kappa shape index (κ3) is 2.33. The van der Waals surface area contributed by atoms with E-state index in [1.165, 1.54) is 0 Å². The zero-order valence-electron chi connectivity index (χ0n) is 8.59. The van der Waals surface area contributed by atoms with E-state index in [1.807, 2.05) is 13.0 Å². The van der Waals surface area contributed by atoms with E-state index in [0.29, 0.717) is 0 Å². The first-order chi connectivity index (χ1) is 7.18. The van der Waals surface area contributed by atoms with E-state index < -0.39 is 0 Å². The molecule has 1 aliphatic heterocycles. The molecule has 1 aliphatic rings. The minimum absolute atomic E-state index is 0.0932. The Labute approximate surface area is 97.6 Å². The zero-order valence-corrected chi connectivity index (χ0v) is 10.2. The maximum absolute atomic E-state index is 9.52. The summed E-state index contributed by atoms with van der Waals surface area (Å²) in [7, 11) is 0. The highest BCUT2D eigenvalue weighted by Crippen LogP contribution is 2.31. The van der Waals surface area contributed by atoms with Crippen molar-refractivity contribution in [2.45, 2.75) is 13.0 Å². The Morgan fingerprint density at radius 2 is 2.33 bits per heavy atom. The molecule has 1 saturated heterocycles. The second kappa shape index (κ2) is 4.51. The lowest BCUT2D eigenvalue weighted by Gasteiger charge is -2.25. The van der Waals surface area contributed by atoms with E-state index in [2.05, 4.69) is 21.2 Å². The summed E-state index contributed by atoms with van der Waals surface area (Å²) < 4.78 is 6.39. The summed E-state index contributed by atoms with van der Waals surface area (Å²) in [5, 5.41) is 12.8. The first-order valence-electron chi connectivity index (χ1n) is 5.00. The highest BCUT2D eigenvalue weighted by Gasteiger charge is 2.18. The van der Waals surface area contributed by atoms with Crippen LogP contribution in [0.25, 0.3) is 0 Å². The van der Waals surface area contributed by atoms with Gasteiger partial charge in [-0.3, -0.25) is 0 Å². The Kier molecular flexibility index (Phi) is 3.29. The summed E-state index contributed by atoms with van der Waals surface area (Å²) in [4.78, 5) is 0. The van der Waals surface area contributed by atoms with Gasteiger partial charge in [-0.1, -0.05) is 0 Å². The van der Waals surface area contributed by atoms with Crippen LogP contribution in [0, 0.1) is 6.92 Å². The normalized spacial score (nSPS) is 21.6. The van der Waals surface area contributed by atoms with Crippen LogP contribution in [0.15, 0.2) is 16.6 Å². The van der Waals surface area contributed by atoms with Crippen LogP contribution in [0.5, 0.6) is 5.75 Å². The van der Waals surface area contributed by atoms with E-state index in [-0.39, 0.29) is 11.9 Å². The topological polar surface area (TPSA) is 41.5 Å². The SMILES string of the molecule is Cc1cc(O)c(Br)cc1C1CNCCO1. The number of aryl methyl sites for hydroxylation is 1. The summed E-state index contributed by atoms with van der Waals surface area (Å²) in [6, 6.07) is 3.69. The Hall–Kier alpha value is -0.580. The minimum Gasteiger partial charge on any atom is -0.507 e. The molecule has 1 aromatic carbocycles. The molecular weight excluding hydrogens is 258 g/mol. The molecule has 4 heteroatoms. The monoisotopic (exact) mass is 271 g/mol. The van der Waals surface area contributed by atoms with Gasteiger partial charge in [0.05, 0.1) is 17.2 Å². The molecule has 1 fully saturated rings. The number of phenols is 1. The third-order valence-electron chi connectivity index (χ3n) is 2.61. The smallest absolute Gasteiger partial charge is 0.130 e. The van der Waals surface area contributed by atoms with E-state index in [9.17, 15) is 5.11 Å². The fourth-order valence-corrected chi connectivity index (χ4v) is 2.15. The number of benzene rings is 1. The van der Waals surface area contributed by atoms with Gasteiger partial charge in [0.25, 0.3) is 0 Å².